The Morgan fingerprint density at radius 2 is 2.06 bits per heavy atom. The first kappa shape index (κ1) is 24.1. The van der Waals surface area contributed by atoms with Crippen LogP contribution in [-0.4, -0.2) is 58.2 Å². The summed E-state index contributed by atoms with van der Waals surface area (Å²) in [7, 11) is 0. The number of pyridine rings is 1. The van der Waals surface area contributed by atoms with E-state index in [1.54, 1.807) is 0 Å². The number of carbonyl (C=O) groups excluding carboxylic acids is 2. The lowest BCUT2D eigenvalue weighted by Crippen LogP contribution is -2.57. The molecule has 186 valence electrons. The van der Waals surface area contributed by atoms with Crippen molar-refractivity contribution in [3.8, 4) is 5.75 Å². The van der Waals surface area contributed by atoms with Crippen LogP contribution in [0.5, 0.6) is 5.75 Å². The largest absolute Gasteiger partial charge is 0.508 e. The second-order valence-electron chi connectivity index (χ2n) is 7.97. The Hall–Kier alpha value is -4.00. The van der Waals surface area contributed by atoms with Crippen molar-refractivity contribution in [2.45, 2.75) is 38.7 Å². The number of rotatable bonds is 6. The number of carboxylic acid groups (broad SMARTS) is 1. The highest BCUT2D eigenvalue weighted by Crippen LogP contribution is 2.30. The molecule has 0 spiro atoms. The monoisotopic (exact) mass is 493 g/mol. The fourth-order valence-electron chi connectivity index (χ4n) is 4.01. The molecule has 1 aromatic heterocycles. The van der Waals surface area contributed by atoms with Gasteiger partial charge in [0.05, 0.1) is 13.2 Å². The Kier molecular flexibility index (Phi) is 6.69. The molecule has 3 heterocycles. The van der Waals surface area contributed by atoms with Gasteiger partial charge in [0.15, 0.2) is 11.9 Å². The maximum absolute atomic E-state index is 13.9. The lowest BCUT2D eigenvalue weighted by atomic mass is 10.1. The second kappa shape index (κ2) is 9.70. The molecule has 0 bridgehead atoms. The van der Waals surface area contributed by atoms with Gasteiger partial charge in [-0.3, -0.25) is 14.4 Å². The topological polar surface area (TPSA) is 136 Å². The lowest BCUT2D eigenvalue weighted by molar-refractivity contribution is -0.112. The highest BCUT2D eigenvalue weighted by Gasteiger charge is 2.41. The average molecular weight is 493 g/mol. The molecule has 1 fully saturated rings. The van der Waals surface area contributed by atoms with Crippen molar-refractivity contribution in [3.05, 3.63) is 63.1 Å². The van der Waals surface area contributed by atoms with Gasteiger partial charge < -0.3 is 34.1 Å². The van der Waals surface area contributed by atoms with Crippen LogP contribution in [0, 0.1) is 11.6 Å². The molecule has 4 rings (SSSR count). The molecule has 2 aliphatic heterocycles. The van der Waals surface area contributed by atoms with Gasteiger partial charge in [-0.25, -0.2) is 13.6 Å². The van der Waals surface area contributed by atoms with E-state index in [2.05, 4.69) is 10.1 Å². The number of hydrogen-bond acceptors (Lipinski definition) is 7. The summed E-state index contributed by atoms with van der Waals surface area (Å²) >= 11 is 0. The number of halogens is 2. The van der Waals surface area contributed by atoms with Crippen molar-refractivity contribution < 1.29 is 42.5 Å². The molecule has 0 saturated carbocycles. The van der Waals surface area contributed by atoms with E-state index in [-0.39, 0.29) is 30.4 Å². The minimum Gasteiger partial charge on any atom is -0.451 e. The first-order valence-corrected chi connectivity index (χ1v) is 10.6. The number of ether oxygens (including phenoxy) is 3. The highest BCUT2D eigenvalue weighted by molar-refractivity contribution is 5.99. The molecule has 2 N–H and O–H groups in total. The predicted octanol–water partition coefficient (Wildman–Crippen LogP) is 1.68. The van der Waals surface area contributed by atoms with E-state index < -0.39 is 59.4 Å². The van der Waals surface area contributed by atoms with Crippen LogP contribution in [0.1, 0.15) is 39.8 Å². The van der Waals surface area contributed by atoms with Crippen molar-refractivity contribution in [3.63, 3.8) is 0 Å². The van der Waals surface area contributed by atoms with E-state index in [0.717, 1.165) is 18.3 Å². The zero-order valence-corrected chi connectivity index (χ0v) is 18.5. The van der Waals surface area contributed by atoms with Gasteiger partial charge in [-0.1, -0.05) is 6.07 Å². The summed E-state index contributed by atoms with van der Waals surface area (Å²) in [6, 6.07) is 2.64. The molecule has 0 radical (unpaired) electrons. The van der Waals surface area contributed by atoms with E-state index in [9.17, 15) is 28.0 Å². The molecular weight excluding hydrogens is 472 g/mol. The summed E-state index contributed by atoms with van der Waals surface area (Å²) in [6.07, 6.45) is -0.575. The maximum atomic E-state index is 13.9. The first-order valence-electron chi connectivity index (χ1n) is 10.6. The molecule has 2 aromatic rings. The van der Waals surface area contributed by atoms with Gasteiger partial charge in [0.25, 0.3) is 11.8 Å². The summed E-state index contributed by atoms with van der Waals surface area (Å²) in [5.41, 5.74) is -1.62. The van der Waals surface area contributed by atoms with Gasteiger partial charge in [-0.15, -0.1) is 0 Å². The Balaban J connectivity index is 1.69. The summed E-state index contributed by atoms with van der Waals surface area (Å²) < 4.78 is 43.6. The van der Waals surface area contributed by atoms with Crippen molar-refractivity contribution >= 4 is 18.0 Å². The van der Waals surface area contributed by atoms with Crippen LogP contribution < -0.4 is 15.5 Å². The van der Waals surface area contributed by atoms with Crippen LogP contribution in [0.2, 0.25) is 0 Å². The van der Waals surface area contributed by atoms with Gasteiger partial charge in [0.2, 0.25) is 18.0 Å². The summed E-state index contributed by atoms with van der Waals surface area (Å²) in [6.45, 7) is 1.07. The normalized spacial score (nSPS) is 18.9. The van der Waals surface area contributed by atoms with Gasteiger partial charge in [0.1, 0.15) is 17.2 Å². The quantitative estimate of drug-likeness (QED) is 0.458. The van der Waals surface area contributed by atoms with Crippen molar-refractivity contribution in [1.29, 1.82) is 0 Å². The Labute approximate surface area is 196 Å². The fourth-order valence-corrected chi connectivity index (χ4v) is 4.01. The number of amides is 2. The van der Waals surface area contributed by atoms with Gasteiger partial charge in [-0.05, 0) is 19.4 Å². The number of hydrogen-bond donors (Lipinski definition) is 2. The molecule has 2 aliphatic rings. The van der Waals surface area contributed by atoms with Crippen LogP contribution in [0.3, 0.4) is 0 Å². The number of carbonyl (C=O) groups is 3. The molecule has 0 unspecified atom stereocenters. The number of fused-ring (bicyclic) bond motifs is 2. The van der Waals surface area contributed by atoms with Crippen LogP contribution in [0.4, 0.5) is 13.6 Å². The van der Waals surface area contributed by atoms with Crippen LogP contribution in [-0.2, 0) is 22.6 Å². The predicted molar refractivity (Wildman–Crippen MR) is 113 cm³/mol. The summed E-state index contributed by atoms with van der Waals surface area (Å²) in [5.74, 6) is -3.72. The van der Waals surface area contributed by atoms with Crippen LogP contribution in [0.25, 0.3) is 0 Å². The summed E-state index contributed by atoms with van der Waals surface area (Å²) in [5, 5.41) is 11.1. The molecule has 1 saturated heterocycles. The molecule has 2 atom stereocenters. The Bertz CT molecular complexity index is 1250. The average Bonchev–Trinajstić information content (AvgIpc) is 2.79. The van der Waals surface area contributed by atoms with Gasteiger partial charge in [0, 0.05) is 30.4 Å². The van der Waals surface area contributed by atoms with E-state index in [1.165, 1.54) is 9.47 Å². The molecule has 2 amide bonds. The molecule has 0 aliphatic carbocycles. The smallest absolute Gasteiger partial charge is 0.451 e. The van der Waals surface area contributed by atoms with Gasteiger partial charge in [-0.2, -0.15) is 0 Å². The summed E-state index contributed by atoms with van der Waals surface area (Å²) in [4.78, 5) is 51.4. The number of benzene rings is 1. The standard InChI is InChI=1S/C22H21F2N3O8/c1-11-4-5-33-16-9-26-8-14(20(29)25-7-12-2-3-13(23)6-15(12)24)18(28)19(34-10-35-22(31)32)17(26)21(30)27(11)16/h2-3,6,8,11,16H,4-5,7,9-10H2,1H3,(H,25,29)(H,31,32)/t11-,16+/m1/s1. The molecular formula is C22H21F2N3O8. The number of nitrogens with one attached hydrogen (secondary N) is 1. The first-order chi connectivity index (χ1) is 16.7. The van der Waals surface area contributed by atoms with Crippen molar-refractivity contribution in [1.82, 2.24) is 14.8 Å². The molecule has 35 heavy (non-hydrogen) atoms. The third kappa shape index (κ3) is 4.80. The Morgan fingerprint density at radius 1 is 1.29 bits per heavy atom. The SMILES string of the molecule is C[C@@H]1CCO[C@H]2Cn3cc(C(=O)NCc4ccc(F)cc4F)c(=O)c(OCOC(=O)O)c3C(=O)N12. The zero-order valence-electron chi connectivity index (χ0n) is 18.5. The van der Waals surface area contributed by atoms with Crippen molar-refractivity contribution in [2.24, 2.45) is 0 Å². The van der Waals surface area contributed by atoms with Crippen LogP contribution in [0.15, 0.2) is 29.2 Å². The highest BCUT2D eigenvalue weighted by atomic mass is 19.1. The number of aromatic nitrogens is 1. The van der Waals surface area contributed by atoms with Crippen LogP contribution >= 0.6 is 0 Å². The second-order valence-corrected chi connectivity index (χ2v) is 7.97. The molecule has 13 heteroatoms. The molecule has 1 aromatic carbocycles. The lowest BCUT2D eigenvalue weighted by Gasteiger charge is -2.44. The van der Waals surface area contributed by atoms with E-state index in [4.69, 9.17) is 14.6 Å². The van der Waals surface area contributed by atoms with Crippen molar-refractivity contribution in [2.75, 3.05) is 13.4 Å². The third-order valence-electron chi connectivity index (χ3n) is 5.74. The zero-order chi connectivity index (χ0) is 25.3. The molecule has 11 nitrogen and oxygen atoms in total. The Morgan fingerprint density at radius 3 is 2.77 bits per heavy atom. The number of nitrogens with zero attached hydrogens (tertiary/aromatic N) is 2. The van der Waals surface area contributed by atoms with E-state index in [0.29, 0.717) is 19.1 Å². The maximum Gasteiger partial charge on any atom is 0.508 e. The van der Waals surface area contributed by atoms with E-state index >= 15 is 0 Å². The fraction of sp³-hybridized carbons (Fsp3) is 0.364. The minimum atomic E-state index is -1.67. The van der Waals surface area contributed by atoms with E-state index in [1.807, 2.05) is 6.92 Å². The van der Waals surface area contributed by atoms with Gasteiger partial charge >= 0.3 is 6.16 Å². The third-order valence-corrected chi connectivity index (χ3v) is 5.74. The minimum absolute atomic E-state index is 0.0143.